The molecule has 3 rings (SSSR count). The molecule has 1 heterocycles. The summed E-state index contributed by atoms with van der Waals surface area (Å²) in [6, 6.07) is 8.88. The molecule has 1 saturated carbocycles. The van der Waals surface area contributed by atoms with Crippen molar-refractivity contribution in [2.75, 3.05) is 20.2 Å². The van der Waals surface area contributed by atoms with Crippen LogP contribution in [0.4, 0.5) is 4.79 Å². The number of nitrogens with one attached hydrogen (secondary N) is 1. The Labute approximate surface area is 189 Å². The fourth-order valence-corrected chi connectivity index (χ4v) is 4.51. The van der Waals surface area contributed by atoms with Gasteiger partial charge in [-0.05, 0) is 42.6 Å². The first-order chi connectivity index (χ1) is 15.0. The third-order valence-electron chi connectivity index (χ3n) is 6.64. The predicted octanol–water partition coefficient (Wildman–Crippen LogP) is 2.72. The molecular formula is C24H33N3O5. The van der Waals surface area contributed by atoms with Gasteiger partial charge in [-0.1, -0.05) is 51.1 Å². The number of urea groups is 1. The molecule has 0 radical (unpaired) electrons. The molecule has 1 saturated heterocycles. The van der Waals surface area contributed by atoms with Crippen LogP contribution in [-0.4, -0.2) is 59.4 Å². The van der Waals surface area contributed by atoms with Crippen molar-refractivity contribution in [3.63, 3.8) is 0 Å². The van der Waals surface area contributed by atoms with Crippen LogP contribution in [0.1, 0.15) is 52.0 Å². The maximum atomic E-state index is 13.0. The Kier molecular flexibility index (Phi) is 6.91. The predicted molar refractivity (Wildman–Crippen MR) is 118 cm³/mol. The zero-order valence-corrected chi connectivity index (χ0v) is 19.3. The van der Waals surface area contributed by atoms with Gasteiger partial charge in [-0.3, -0.25) is 19.3 Å². The lowest BCUT2D eigenvalue weighted by atomic mass is 9.67. The molecule has 1 spiro atoms. The Hall–Kier alpha value is -2.90. The number of carbonyl (C=O) groups is 4. The van der Waals surface area contributed by atoms with Gasteiger partial charge in [0.05, 0.1) is 0 Å². The Bertz CT molecular complexity index is 869. The highest BCUT2D eigenvalue weighted by atomic mass is 16.5. The molecule has 4 amide bonds. The van der Waals surface area contributed by atoms with E-state index in [1.807, 2.05) is 30.3 Å². The Morgan fingerprint density at radius 1 is 1.16 bits per heavy atom. The molecule has 0 unspecified atom stereocenters. The second-order valence-corrected chi connectivity index (χ2v) is 9.94. The standard InChI is InChI=1S/C24H33N3O5/c1-23(2,3)18-10-12-24(13-11-18)21(30)27(22(31)25-24)15-20(29)32-16-19(28)26(4)14-17-8-6-5-7-9-17/h5-9,18H,10-16H2,1-4H3,(H,25,31). The highest BCUT2D eigenvalue weighted by Gasteiger charge is 2.53. The molecule has 1 aliphatic carbocycles. The third-order valence-corrected chi connectivity index (χ3v) is 6.64. The number of carbonyl (C=O) groups excluding carboxylic acids is 4. The summed E-state index contributed by atoms with van der Waals surface area (Å²) in [5.41, 5.74) is 0.183. The van der Waals surface area contributed by atoms with E-state index in [9.17, 15) is 19.2 Å². The molecule has 32 heavy (non-hydrogen) atoms. The first kappa shape index (κ1) is 23.8. The quantitative estimate of drug-likeness (QED) is 0.539. The third kappa shape index (κ3) is 5.29. The Morgan fingerprint density at radius 3 is 2.38 bits per heavy atom. The van der Waals surface area contributed by atoms with Crippen LogP contribution < -0.4 is 5.32 Å². The zero-order valence-electron chi connectivity index (χ0n) is 19.3. The molecule has 1 aromatic carbocycles. The van der Waals surface area contributed by atoms with Gasteiger partial charge in [-0.15, -0.1) is 0 Å². The fraction of sp³-hybridized carbons (Fsp3) is 0.583. The first-order valence-electron chi connectivity index (χ1n) is 11.1. The van der Waals surface area contributed by atoms with Crippen molar-refractivity contribution in [1.29, 1.82) is 0 Å². The van der Waals surface area contributed by atoms with E-state index in [1.165, 1.54) is 4.90 Å². The van der Waals surface area contributed by atoms with Crippen molar-refractivity contribution in [3.05, 3.63) is 35.9 Å². The van der Waals surface area contributed by atoms with Crippen LogP contribution in [0.5, 0.6) is 0 Å². The van der Waals surface area contributed by atoms with Crippen LogP contribution in [0.15, 0.2) is 30.3 Å². The van der Waals surface area contributed by atoms with Gasteiger partial charge in [-0.2, -0.15) is 0 Å². The number of hydrogen-bond donors (Lipinski definition) is 1. The summed E-state index contributed by atoms with van der Waals surface area (Å²) in [7, 11) is 1.62. The SMILES string of the molecule is CN(Cc1ccccc1)C(=O)COC(=O)CN1C(=O)NC2(CCC(C(C)(C)C)CC2)C1=O. The molecule has 2 aliphatic rings. The van der Waals surface area contributed by atoms with Crippen molar-refractivity contribution in [2.24, 2.45) is 11.3 Å². The van der Waals surface area contributed by atoms with Gasteiger partial charge in [0.15, 0.2) is 6.61 Å². The average molecular weight is 444 g/mol. The maximum absolute atomic E-state index is 13.0. The second-order valence-electron chi connectivity index (χ2n) is 9.94. The summed E-state index contributed by atoms with van der Waals surface area (Å²) in [5, 5.41) is 2.81. The number of esters is 1. The summed E-state index contributed by atoms with van der Waals surface area (Å²) in [5.74, 6) is -1.04. The number of ether oxygens (including phenoxy) is 1. The number of nitrogens with zero attached hydrogens (tertiary/aromatic N) is 2. The number of benzene rings is 1. The minimum Gasteiger partial charge on any atom is -0.454 e. The molecule has 2 fully saturated rings. The van der Waals surface area contributed by atoms with E-state index >= 15 is 0 Å². The van der Waals surface area contributed by atoms with Gasteiger partial charge >= 0.3 is 12.0 Å². The van der Waals surface area contributed by atoms with Crippen LogP contribution in [0.2, 0.25) is 0 Å². The van der Waals surface area contributed by atoms with Crippen molar-refractivity contribution < 1.29 is 23.9 Å². The summed E-state index contributed by atoms with van der Waals surface area (Å²) in [6.45, 7) is 6.01. The topological polar surface area (TPSA) is 96.0 Å². The molecule has 8 nitrogen and oxygen atoms in total. The molecule has 0 aromatic heterocycles. The number of rotatable bonds is 6. The average Bonchev–Trinajstić information content (AvgIpc) is 2.96. The fourth-order valence-electron chi connectivity index (χ4n) is 4.51. The van der Waals surface area contributed by atoms with Crippen LogP contribution in [0, 0.1) is 11.3 Å². The minimum atomic E-state index is -0.926. The van der Waals surface area contributed by atoms with Gasteiger partial charge in [-0.25, -0.2) is 4.79 Å². The number of likely N-dealkylation sites (N-methyl/N-ethyl adjacent to an activating group) is 1. The van der Waals surface area contributed by atoms with E-state index in [1.54, 1.807) is 7.05 Å². The summed E-state index contributed by atoms with van der Waals surface area (Å²) < 4.78 is 5.05. The van der Waals surface area contributed by atoms with Gasteiger partial charge in [0.2, 0.25) is 0 Å². The molecule has 1 aromatic rings. The first-order valence-corrected chi connectivity index (χ1v) is 11.1. The van der Waals surface area contributed by atoms with E-state index in [2.05, 4.69) is 26.1 Å². The molecule has 1 aliphatic heterocycles. The van der Waals surface area contributed by atoms with Crippen LogP contribution in [0.25, 0.3) is 0 Å². The highest BCUT2D eigenvalue weighted by Crippen LogP contribution is 2.43. The molecule has 1 N–H and O–H groups in total. The molecule has 8 heteroatoms. The summed E-state index contributed by atoms with van der Waals surface area (Å²) in [6.07, 6.45) is 2.81. The highest BCUT2D eigenvalue weighted by molar-refractivity contribution is 6.08. The lowest BCUT2D eigenvalue weighted by molar-refractivity contribution is -0.153. The van der Waals surface area contributed by atoms with Crippen molar-refractivity contribution in [3.8, 4) is 0 Å². The lowest BCUT2D eigenvalue weighted by Gasteiger charge is -2.40. The van der Waals surface area contributed by atoms with E-state index in [0.717, 1.165) is 23.3 Å². The minimum absolute atomic E-state index is 0.150. The normalized spacial score (nSPS) is 23.2. The van der Waals surface area contributed by atoms with Gasteiger partial charge in [0.25, 0.3) is 11.8 Å². The number of amides is 4. The van der Waals surface area contributed by atoms with E-state index in [0.29, 0.717) is 25.3 Å². The van der Waals surface area contributed by atoms with Gasteiger partial charge < -0.3 is 15.0 Å². The number of imide groups is 1. The zero-order chi connectivity index (χ0) is 23.5. The maximum Gasteiger partial charge on any atom is 0.326 e. The van der Waals surface area contributed by atoms with Crippen molar-refractivity contribution >= 4 is 23.8 Å². The summed E-state index contributed by atoms with van der Waals surface area (Å²) in [4.78, 5) is 52.3. The monoisotopic (exact) mass is 443 g/mol. The van der Waals surface area contributed by atoms with Crippen molar-refractivity contribution in [1.82, 2.24) is 15.1 Å². The second kappa shape index (κ2) is 9.30. The molecule has 174 valence electrons. The smallest absolute Gasteiger partial charge is 0.326 e. The van der Waals surface area contributed by atoms with E-state index in [4.69, 9.17) is 4.74 Å². The van der Waals surface area contributed by atoms with Gasteiger partial charge in [0.1, 0.15) is 12.1 Å². The van der Waals surface area contributed by atoms with Gasteiger partial charge in [0, 0.05) is 13.6 Å². The largest absolute Gasteiger partial charge is 0.454 e. The molecule has 0 bridgehead atoms. The Balaban J connectivity index is 1.49. The Morgan fingerprint density at radius 2 is 1.78 bits per heavy atom. The lowest BCUT2D eigenvalue weighted by Crippen LogP contribution is -2.50. The number of hydrogen-bond acceptors (Lipinski definition) is 5. The summed E-state index contributed by atoms with van der Waals surface area (Å²) >= 11 is 0. The van der Waals surface area contributed by atoms with Crippen LogP contribution >= 0.6 is 0 Å². The molecular weight excluding hydrogens is 410 g/mol. The molecule has 0 atom stereocenters. The van der Waals surface area contributed by atoms with Crippen LogP contribution in [-0.2, 0) is 25.7 Å². The van der Waals surface area contributed by atoms with E-state index < -0.39 is 30.7 Å². The van der Waals surface area contributed by atoms with Crippen molar-refractivity contribution in [2.45, 2.75) is 58.5 Å². The van der Waals surface area contributed by atoms with E-state index in [-0.39, 0.29) is 17.2 Å². The van der Waals surface area contributed by atoms with Crippen LogP contribution in [0.3, 0.4) is 0 Å².